The van der Waals surface area contributed by atoms with Crippen molar-refractivity contribution in [2.45, 2.75) is 19.9 Å². The summed E-state index contributed by atoms with van der Waals surface area (Å²) in [5.41, 5.74) is 8.48. The minimum atomic E-state index is 0.902. The molecule has 3 aromatic heterocycles. The topological polar surface area (TPSA) is 60.6 Å². The lowest BCUT2D eigenvalue weighted by atomic mass is 9.99. The molecular weight excluding hydrogens is 346 g/mol. The normalized spacial score (nSPS) is 15.1. The zero-order valence-corrected chi connectivity index (χ0v) is 15.9. The molecule has 0 fully saturated rings. The van der Waals surface area contributed by atoms with Gasteiger partial charge in [0.25, 0.3) is 0 Å². The van der Waals surface area contributed by atoms with Crippen LogP contribution in [0, 0.1) is 6.92 Å². The average Bonchev–Trinajstić information content (AvgIpc) is 3.36. The van der Waals surface area contributed by atoms with Crippen LogP contribution in [0.4, 0.5) is 0 Å². The van der Waals surface area contributed by atoms with E-state index in [-0.39, 0.29) is 0 Å². The number of H-pyrrole nitrogens is 2. The fourth-order valence-electron chi connectivity index (χ4n) is 3.96. The maximum absolute atomic E-state index is 4.40. The van der Waals surface area contributed by atoms with Gasteiger partial charge >= 0.3 is 0 Å². The Labute approximate surface area is 164 Å². The van der Waals surface area contributed by atoms with Crippen molar-refractivity contribution in [3.8, 4) is 11.3 Å². The van der Waals surface area contributed by atoms with E-state index < -0.39 is 0 Å². The zero-order valence-electron chi connectivity index (χ0n) is 15.9. The quantitative estimate of drug-likeness (QED) is 0.555. The van der Waals surface area contributed by atoms with Crippen LogP contribution in [0.2, 0.25) is 0 Å². The SMILES string of the molecule is Cc1ccc(-c2[nH]ncc2CN2CC=C(c3c[nH]c4ncccc34)CC2)cc1. The number of benzene rings is 1. The Morgan fingerprint density at radius 3 is 2.86 bits per heavy atom. The molecule has 5 nitrogen and oxygen atoms in total. The summed E-state index contributed by atoms with van der Waals surface area (Å²) in [5, 5.41) is 8.68. The molecule has 0 saturated carbocycles. The summed E-state index contributed by atoms with van der Waals surface area (Å²) in [4.78, 5) is 10.2. The van der Waals surface area contributed by atoms with Crippen molar-refractivity contribution in [2.24, 2.45) is 0 Å². The van der Waals surface area contributed by atoms with Crippen LogP contribution in [-0.2, 0) is 6.54 Å². The molecule has 0 atom stereocenters. The lowest BCUT2D eigenvalue weighted by Gasteiger charge is -2.26. The maximum atomic E-state index is 4.40. The van der Waals surface area contributed by atoms with Gasteiger partial charge in [-0.1, -0.05) is 35.9 Å². The number of aromatic amines is 2. The fraction of sp³-hybridized carbons (Fsp3) is 0.217. The number of pyridine rings is 1. The molecule has 0 aliphatic carbocycles. The van der Waals surface area contributed by atoms with E-state index in [1.165, 1.54) is 33.2 Å². The van der Waals surface area contributed by atoms with Gasteiger partial charge in [0, 0.05) is 48.5 Å². The van der Waals surface area contributed by atoms with Crippen molar-refractivity contribution in [3.05, 3.63) is 77.8 Å². The van der Waals surface area contributed by atoms with Crippen molar-refractivity contribution in [3.63, 3.8) is 0 Å². The first-order chi connectivity index (χ1) is 13.8. The first-order valence-electron chi connectivity index (χ1n) is 9.71. The third kappa shape index (κ3) is 3.14. The number of nitrogens with zero attached hydrogens (tertiary/aromatic N) is 3. The van der Waals surface area contributed by atoms with E-state index in [2.05, 4.69) is 74.6 Å². The molecule has 5 rings (SSSR count). The van der Waals surface area contributed by atoms with Crippen LogP contribution >= 0.6 is 0 Å². The minimum Gasteiger partial charge on any atom is -0.346 e. The highest BCUT2D eigenvalue weighted by Crippen LogP contribution is 2.29. The molecule has 0 saturated heterocycles. The molecule has 4 heterocycles. The highest BCUT2D eigenvalue weighted by atomic mass is 15.1. The molecule has 0 spiro atoms. The van der Waals surface area contributed by atoms with Crippen LogP contribution in [0.15, 0.2) is 61.1 Å². The molecule has 0 unspecified atom stereocenters. The Morgan fingerprint density at radius 2 is 2.04 bits per heavy atom. The van der Waals surface area contributed by atoms with E-state index in [1.54, 1.807) is 0 Å². The van der Waals surface area contributed by atoms with Crippen LogP contribution in [0.5, 0.6) is 0 Å². The monoisotopic (exact) mass is 369 g/mol. The first kappa shape index (κ1) is 17.0. The summed E-state index contributed by atoms with van der Waals surface area (Å²) >= 11 is 0. The van der Waals surface area contributed by atoms with Crippen LogP contribution < -0.4 is 0 Å². The van der Waals surface area contributed by atoms with Crippen molar-refractivity contribution in [1.82, 2.24) is 25.1 Å². The van der Waals surface area contributed by atoms with Crippen LogP contribution in [0.1, 0.15) is 23.1 Å². The van der Waals surface area contributed by atoms with E-state index in [1.807, 2.05) is 18.5 Å². The number of fused-ring (bicyclic) bond motifs is 1. The van der Waals surface area contributed by atoms with Crippen molar-refractivity contribution in [1.29, 1.82) is 0 Å². The van der Waals surface area contributed by atoms with Gasteiger partial charge in [-0.3, -0.25) is 10.00 Å². The van der Waals surface area contributed by atoms with Gasteiger partial charge in [-0.05, 0) is 36.6 Å². The summed E-state index contributed by atoms with van der Waals surface area (Å²) in [6, 6.07) is 12.7. The minimum absolute atomic E-state index is 0.902. The Hall–Kier alpha value is -3.18. The Kier molecular flexibility index (Phi) is 4.29. The van der Waals surface area contributed by atoms with Gasteiger partial charge in [-0.15, -0.1) is 0 Å². The predicted molar refractivity (Wildman–Crippen MR) is 113 cm³/mol. The summed E-state index contributed by atoms with van der Waals surface area (Å²) in [6.45, 7) is 5.00. The largest absolute Gasteiger partial charge is 0.346 e. The second-order valence-corrected chi connectivity index (χ2v) is 7.45. The first-order valence-corrected chi connectivity index (χ1v) is 9.71. The fourth-order valence-corrected chi connectivity index (χ4v) is 3.96. The molecule has 0 radical (unpaired) electrons. The Morgan fingerprint density at radius 1 is 1.14 bits per heavy atom. The molecule has 5 heteroatoms. The smallest absolute Gasteiger partial charge is 0.137 e. The number of aromatic nitrogens is 4. The summed E-state index contributed by atoms with van der Waals surface area (Å²) in [5.74, 6) is 0. The second-order valence-electron chi connectivity index (χ2n) is 7.45. The van der Waals surface area contributed by atoms with E-state index in [9.17, 15) is 0 Å². The van der Waals surface area contributed by atoms with E-state index in [0.717, 1.165) is 37.4 Å². The Bertz CT molecular complexity index is 1130. The third-order valence-electron chi connectivity index (χ3n) is 5.54. The lowest BCUT2D eigenvalue weighted by Crippen LogP contribution is -2.28. The Balaban J connectivity index is 1.33. The molecule has 0 amide bonds. The van der Waals surface area contributed by atoms with Crippen molar-refractivity contribution in [2.75, 3.05) is 13.1 Å². The van der Waals surface area contributed by atoms with E-state index >= 15 is 0 Å². The number of aryl methyl sites for hydroxylation is 1. The van der Waals surface area contributed by atoms with Gasteiger partial charge in [-0.25, -0.2) is 4.98 Å². The van der Waals surface area contributed by atoms with Gasteiger partial charge in [0.15, 0.2) is 0 Å². The number of rotatable bonds is 4. The molecule has 4 aromatic rings. The molecule has 0 bridgehead atoms. The van der Waals surface area contributed by atoms with Crippen LogP contribution in [-0.4, -0.2) is 38.2 Å². The van der Waals surface area contributed by atoms with E-state index in [0.29, 0.717) is 0 Å². The van der Waals surface area contributed by atoms with E-state index in [4.69, 9.17) is 0 Å². The number of hydrogen-bond donors (Lipinski definition) is 2. The second kappa shape index (κ2) is 7.09. The predicted octanol–water partition coefficient (Wildman–Crippen LogP) is 4.55. The molecule has 1 aliphatic heterocycles. The van der Waals surface area contributed by atoms with Gasteiger partial charge < -0.3 is 4.98 Å². The zero-order chi connectivity index (χ0) is 18.9. The number of nitrogens with one attached hydrogen (secondary N) is 2. The average molecular weight is 369 g/mol. The standard InChI is InChI=1S/C23H23N5/c1-16-4-6-18(7-5-16)22-19(13-26-27-22)15-28-11-8-17(9-12-28)21-14-25-23-20(21)3-2-10-24-23/h2-8,10,13-14H,9,11-12,15H2,1H3,(H,24,25)(H,26,27). The lowest BCUT2D eigenvalue weighted by molar-refractivity contribution is 0.294. The summed E-state index contributed by atoms with van der Waals surface area (Å²) in [6.07, 6.45) is 9.27. The highest BCUT2D eigenvalue weighted by molar-refractivity contribution is 5.90. The molecule has 2 N–H and O–H groups in total. The van der Waals surface area contributed by atoms with Gasteiger partial charge in [-0.2, -0.15) is 5.10 Å². The summed E-state index contributed by atoms with van der Waals surface area (Å²) < 4.78 is 0. The third-order valence-corrected chi connectivity index (χ3v) is 5.54. The molecule has 1 aliphatic rings. The maximum Gasteiger partial charge on any atom is 0.137 e. The van der Waals surface area contributed by atoms with Crippen LogP contribution in [0.25, 0.3) is 27.9 Å². The molecular formula is C23H23N5. The van der Waals surface area contributed by atoms with Crippen molar-refractivity contribution >= 4 is 16.6 Å². The van der Waals surface area contributed by atoms with Gasteiger partial charge in [0.05, 0.1) is 11.9 Å². The number of hydrogen-bond acceptors (Lipinski definition) is 3. The molecule has 1 aromatic carbocycles. The van der Waals surface area contributed by atoms with Gasteiger partial charge in [0.1, 0.15) is 5.65 Å². The van der Waals surface area contributed by atoms with Crippen molar-refractivity contribution < 1.29 is 0 Å². The molecule has 28 heavy (non-hydrogen) atoms. The van der Waals surface area contributed by atoms with Crippen LogP contribution in [0.3, 0.4) is 0 Å². The highest BCUT2D eigenvalue weighted by Gasteiger charge is 2.18. The summed E-state index contributed by atoms with van der Waals surface area (Å²) in [7, 11) is 0. The van der Waals surface area contributed by atoms with Gasteiger partial charge in [0.2, 0.25) is 0 Å². The molecule has 140 valence electrons.